The van der Waals surface area contributed by atoms with Crippen LogP contribution in [0.2, 0.25) is 0 Å². The standard InChI is InChI=1S/C19H21N5O/c1-2-3-11-19(22-23-19)12-10-18(25)20-15-17(24-14-7-13-21-24)16-8-5-4-6-9-16/h1,4-9,13-14,17H,3,10-12,15H2,(H,20,25). The number of hydrogen-bond acceptors (Lipinski definition) is 4. The van der Waals surface area contributed by atoms with E-state index in [-0.39, 0.29) is 11.9 Å². The van der Waals surface area contributed by atoms with Crippen molar-refractivity contribution in [3.8, 4) is 12.3 Å². The van der Waals surface area contributed by atoms with Gasteiger partial charge in [0, 0.05) is 44.6 Å². The summed E-state index contributed by atoms with van der Waals surface area (Å²) in [6.45, 7) is 0.482. The number of terminal acetylenes is 1. The number of aromatic nitrogens is 2. The highest BCUT2D eigenvalue weighted by atomic mass is 16.1. The molecule has 6 nitrogen and oxygen atoms in total. The lowest BCUT2D eigenvalue weighted by Gasteiger charge is -2.19. The van der Waals surface area contributed by atoms with E-state index in [0.29, 0.717) is 25.8 Å². The molecule has 1 aliphatic heterocycles. The molecular weight excluding hydrogens is 314 g/mol. The highest BCUT2D eigenvalue weighted by Gasteiger charge is 2.39. The van der Waals surface area contributed by atoms with Crippen LogP contribution in [0.5, 0.6) is 0 Å². The van der Waals surface area contributed by atoms with Gasteiger partial charge in [-0.15, -0.1) is 12.3 Å². The summed E-state index contributed by atoms with van der Waals surface area (Å²) in [6, 6.07) is 11.9. The first-order valence-corrected chi connectivity index (χ1v) is 8.41. The van der Waals surface area contributed by atoms with Crippen LogP contribution in [-0.4, -0.2) is 27.9 Å². The van der Waals surface area contributed by atoms with Crippen LogP contribution in [0.25, 0.3) is 0 Å². The normalized spacial score (nSPS) is 15.3. The van der Waals surface area contributed by atoms with Gasteiger partial charge in [-0.1, -0.05) is 30.3 Å². The van der Waals surface area contributed by atoms with Crippen molar-refractivity contribution in [3.05, 3.63) is 54.4 Å². The van der Waals surface area contributed by atoms with Gasteiger partial charge in [-0.2, -0.15) is 15.3 Å². The molecule has 25 heavy (non-hydrogen) atoms. The van der Waals surface area contributed by atoms with E-state index in [1.807, 2.05) is 47.3 Å². The van der Waals surface area contributed by atoms with Crippen LogP contribution < -0.4 is 5.32 Å². The number of amides is 1. The van der Waals surface area contributed by atoms with Crippen molar-refractivity contribution in [1.82, 2.24) is 15.1 Å². The summed E-state index contributed by atoms with van der Waals surface area (Å²) in [5.41, 5.74) is 0.689. The average molecular weight is 335 g/mol. The second kappa shape index (κ2) is 7.75. The first kappa shape index (κ1) is 16.9. The van der Waals surface area contributed by atoms with E-state index >= 15 is 0 Å². The number of rotatable bonds is 9. The van der Waals surface area contributed by atoms with Crippen LogP contribution in [0.3, 0.4) is 0 Å². The molecule has 0 aliphatic carbocycles. The molecule has 1 aliphatic rings. The fourth-order valence-electron chi connectivity index (χ4n) is 2.78. The lowest BCUT2D eigenvalue weighted by Crippen LogP contribution is -2.32. The van der Waals surface area contributed by atoms with Gasteiger partial charge in [-0.25, -0.2) is 0 Å². The molecule has 0 saturated heterocycles. The molecule has 0 radical (unpaired) electrons. The maximum atomic E-state index is 12.2. The fraction of sp³-hybridized carbons (Fsp3) is 0.368. The van der Waals surface area contributed by atoms with E-state index in [1.165, 1.54) is 0 Å². The Hall–Kier alpha value is -2.94. The third-order valence-corrected chi connectivity index (χ3v) is 4.33. The maximum Gasteiger partial charge on any atom is 0.220 e. The van der Waals surface area contributed by atoms with Gasteiger partial charge >= 0.3 is 0 Å². The van der Waals surface area contributed by atoms with Crippen LogP contribution >= 0.6 is 0 Å². The topological polar surface area (TPSA) is 71.6 Å². The summed E-state index contributed by atoms with van der Waals surface area (Å²) >= 11 is 0. The molecular formula is C19H21N5O. The van der Waals surface area contributed by atoms with Gasteiger partial charge in [0.1, 0.15) is 0 Å². The molecule has 1 atom stereocenters. The van der Waals surface area contributed by atoms with Crippen molar-refractivity contribution in [1.29, 1.82) is 0 Å². The van der Waals surface area contributed by atoms with E-state index in [9.17, 15) is 4.79 Å². The van der Waals surface area contributed by atoms with E-state index in [0.717, 1.165) is 12.0 Å². The van der Waals surface area contributed by atoms with Crippen molar-refractivity contribution in [3.63, 3.8) is 0 Å². The van der Waals surface area contributed by atoms with Crippen LogP contribution in [0, 0.1) is 12.3 Å². The molecule has 1 unspecified atom stereocenters. The van der Waals surface area contributed by atoms with Crippen molar-refractivity contribution in [2.75, 3.05) is 6.54 Å². The first-order chi connectivity index (χ1) is 12.2. The summed E-state index contributed by atoms with van der Waals surface area (Å²) in [5, 5.41) is 15.4. The van der Waals surface area contributed by atoms with Crippen molar-refractivity contribution in [2.24, 2.45) is 10.2 Å². The second-order valence-electron chi connectivity index (χ2n) is 6.10. The van der Waals surface area contributed by atoms with E-state index in [4.69, 9.17) is 6.42 Å². The largest absolute Gasteiger partial charge is 0.354 e. The Balaban J connectivity index is 1.53. The van der Waals surface area contributed by atoms with Crippen molar-refractivity contribution in [2.45, 2.75) is 37.4 Å². The molecule has 128 valence electrons. The molecule has 1 N–H and O–H groups in total. The van der Waals surface area contributed by atoms with Crippen molar-refractivity contribution < 1.29 is 4.79 Å². The molecule has 1 aromatic carbocycles. The Morgan fingerprint density at radius 1 is 1.24 bits per heavy atom. The third kappa shape index (κ3) is 4.54. The SMILES string of the molecule is C#CCCC1(CCC(=O)NCC(c2ccccc2)n2cccn2)N=N1. The summed E-state index contributed by atoms with van der Waals surface area (Å²) < 4.78 is 1.86. The van der Waals surface area contributed by atoms with Crippen LogP contribution in [0.15, 0.2) is 59.0 Å². The van der Waals surface area contributed by atoms with E-state index < -0.39 is 5.66 Å². The molecule has 2 aromatic rings. The summed E-state index contributed by atoms with van der Waals surface area (Å²) in [4.78, 5) is 12.2. The molecule has 0 saturated carbocycles. The number of benzene rings is 1. The minimum atomic E-state index is -0.412. The third-order valence-electron chi connectivity index (χ3n) is 4.33. The number of nitrogens with zero attached hydrogens (tertiary/aromatic N) is 4. The molecule has 1 amide bonds. The zero-order valence-electron chi connectivity index (χ0n) is 14.0. The predicted molar refractivity (Wildman–Crippen MR) is 94.7 cm³/mol. The van der Waals surface area contributed by atoms with Gasteiger partial charge in [0.25, 0.3) is 0 Å². The first-order valence-electron chi connectivity index (χ1n) is 8.41. The Kier molecular flexibility index (Phi) is 5.24. The molecule has 3 rings (SSSR count). The zero-order valence-corrected chi connectivity index (χ0v) is 14.0. The molecule has 6 heteroatoms. The van der Waals surface area contributed by atoms with Crippen LogP contribution in [0.4, 0.5) is 0 Å². The number of carbonyl (C=O) groups excluding carboxylic acids is 1. The van der Waals surface area contributed by atoms with Crippen LogP contribution in [-0.2, 0) is 4.79 Å². The summed E-state index contributed by atoms with van der Waals surface area (Å²) in [6.07, 6.45) is 11.3. The second-order valence-corrected chi connectivity index (χ2v) is 6.10. The zero-order chi connectivity index (χ0) is 17.5. The molecule has 2 heterocycles. The van der Waals surface area contributed by atoms with Gasteiger partial charge in [-0.3, -0.25) is 9.48 Å². The molecule has 1 aromatic heterocycles. The Bertz CT molecular complexity index is 755. The predicted octanol–water partition coefficient (Wildman–Crippen LogP) is 2.94. The van der Waals surface area contributed by atoms with Crippen molar-refractivity contribution >= 4 is 5.91 Å². The number of hydrogen-bond donors (Lipinski definition) is 1. The fourth-order valence-corrected chi connectivity index (χ4v) is 2.78. The quantitative estimate of drug-likeness (QED) is 0.716. The van der Waals surface area contributed by atoms with Crippen LogP contribution in [0.1, 0.15) is 37.3 Å². The van der Waals surface area contributed by atoms with Gasteiger partial charge in [0.15, 0.2) is 5.66 Å². The Labute approximate surface area is 147 Å². The van der Waals surface area contributed by atoms with Gasteiger partial charge in [0.2, 0.25) is 5.91 Å². The lowest BCUT2D eigenvalue weighted by molar-refractivity contribution is -0.121. The Morgan fingerprint density at radius 2 is 2.04 bits per heavy atom. The molecule has 0 fully saturated rings. The van der Waals surface area contributed by atoms with E-state index in [2.05, 4.69) is 26.6 Å². The number of nitrogens with one attached hydrogen (secondary N) is 1. The maximum absolute atomic E-state index is 12.2. The smallest absolute Gasteiger partial charge is 0.220 e. The average Bonchev–Trinajstić information content (AvgIpc) is 3.22. The monoisotopic (exact) mass is 335 g/mol. The van der Waals surface area contributed by atoms with Gasteiger partial charge in [-0.05, 0) is 11.6 Å². The van der Waals surface area contributed by atoms with Gasteiger partial charge < -0.3 is 5.32 Å². The molecule has 0 bridgehead atoms. The minimum absolute atomic E-state index is 0.00882. The number of carbonyl (C=O) groups is 1. The highest BCUT2D eigenvalue weighted by molar-refractivity contribution is 5.76. The summed E-state index contributed by atoms with van der Waals surface area (Å²) in [7, 11) is 0. The summed E-state index contributed by atoms with van der Waals surface area (Å²) in [5.74, 6) is 2.59. The Morgan fingerprint density at radius 3 is 2.68 bits per heavy atom. The van der Waals surface area contributed by atoms with E-state index in [1.54, 1.807) is 6.20 Å². The highest BCUT2D eigenvalue weighted by Crippen LogP contribution is 2.37. The van der Waals surface area contributed by atoms with Gasteiger partial charge in [0.05, 0.1) is 6.04 Å². The lowest BCUT2D eigenvalue weighted by atomic mass is 10.0. The minimum Gasteiger partial charge on any atom is -0.354 e. The molecule has 0 spiro atoms.